The number of carbonyl (C=O) groups is 1. The molecule has 2 rings (SSSR count). The maximum atomic E-state index is 11.2. The van der Waals surface area contributed by atoms with Gasteiger partial charge in [0.1, 0.15) is 0 Å². The summed E-state index contributed by atoms with van der Waals surface area (Å²) in [5.41, 5.74) is 3.10. The first-order chi connectivity index (χ1) is 7.74. The summed E-state index contributed by atoms with van der Waals surface area (Å²) in [5.74, 6) is 0.0375. The fraction of sp³-hybridized carbons (Fsp3) is 0.385. The first-order valence-electron chi connectivity index (χ1n) is 5.57. The minimum absolute atomic E-state index is 0.0390. The van der Waals surface area contributed by atoms with Crippen LogP contribution in [-0.2, 0) is 11.2 Å². The van der Waals surface area contributed by atoms with Gasteiger partial charge in [-0.15, -0.1) is 0 Å². The standard InChI is InChI=1S/C13H14N2O/c1-2-9(8-14)10-3-5-12-11(7-10)4-6-13(16)15-12/h3,5,7,9H,2,4,6H2,1H3,(H,15,16). The van der Waals surface area contributed by atoms with Gasteiger partial charge in [0, 0.05) is 12.1 Å². The molecule has 0 aliphatic carbocycles. The van der Waals surface area contributed by atoms with Crippen molar-refractivity contribution < 1.29 is 4.79 Å². The number of aryl methyl sites for hydroxylation is 1. The lowest BCUT2D eigenvalue weighted by atomic mass is 9.93. The van der Waals surface area contributed by atoms with Crippen LogP contribution in [-0.4, -0.2) is 5.91 Å². The van der Waals surface area contributed by atoms with Crippen molar-refractivity contribution in [1.82, 2.24) is 0 Å². The molecule has 1 N–H and O–H groups in total. The Kier molecular flexibility index (Phi) is 2.91. The van der Waals surface area contributed by atoms with Gasteiger partial charge in [-0.3, -0.25) is 4.79 Å². The number of benzene rings is 1. The molecule has 3 nitrogen and oxygen atoms in total. The summed E-state index contributed by atoms with van der Waals surface area (Å²) in [7, 11) is 0. The van der Waals surface area contributed by atoms with Crippen LogP contribution in [0.2, 0.25) is 0 Å². The fourth-order valence-corrected chi connectivity index (χ4v) is 2.02. The van der Waals surface area contributed by atoms with Gasteiger partial charge in [-0.25, -0.2) is 0 Å². The Balaban J connectivity index is 2.33. The number of anilines is 1. The Labute approximate surface area is 95.1 Å². The highest BCUT2D eigenvalue weighted by atomic mass is 16.1. The van der Waals surface area contributed by atoms with E-state index in [2.05, 4.69) is 11.4 Å². The van der Waals surface area contributed by atoms with Gasteiger partial charge in [0.25, 0.3) is 0 Å². The number of hydrogen-bond donors (Lipinski definition) is 1. The summed E-state index contributed by atoms with van der Waals surface area (Å²) in [6.45, 7) is 2.01. The van der Waals surface area contributed by atoms with Crippen LogP contribution in [0.5, 0.6) is 0 Å². The molecule has 0 spiro atoms. The van der Waals surface area contributed by atoms with E-state index in [1.54, 1.807) is 0 Å². The second-order valence-corrected chi connectivity index (χ2v) is 4.05. The molecule has 1 unspecified atom stereocenters. The van der Waals surface area contributed by atoms with E-state index >= 15 is 0 Å². The minimum Gasteiger partial charge on any atom is -0.326 e. The average molecular weight is 214 g/mol. The van der Waals surface area contributed by atoms with E-state index in [4.69, 9.17) is 5.26 Å². The molecule has 1 atom stereocenters. The Morgan fingerprint density at radius 2 is 2.31 bits per heavy atom. The highest BCUT2D eigenvalue weighted by molar-refractivity contribution is 5.93. The summed E-state index contributed by atoms with van der Waals surface area (Å²) in [6, 6.07) is 8.18. The number of carbonyl (C=O) groups excluding carboxylic acids is 1. The van der Waals surface area contributed by atoms with Gasteiger partial charge in [-0.1, -0.05) is 19.1 Å². The van der Waals surface area contributed by atoms with Gasteiger partial charge in [0.2, 0.25) is 5.91 Å². The molecule has 1 amide bonds. The van der Waals surface area contributed by atoms with Crippen molar-refractivity contribution in [2.45, 2.75) is 32.1 Å². The fourth-order valence-electron chi connectivity index (χ4n) is 2.02. The summed E-state index contributed by atoms with van der Waals surface area (Å²) >= 11 is 0. The topological polar surface area (TPSA) is 52.9 Å². The number of hydrogen-bond acceptors (Lipinski definition) is 2. The van der Waals surface area contributed by atoms with Crippen molar-refractivity contribution in [3.63, 3.8) is 0 Å². The smallest absolute Gasteiger partial charge is 0.224 e. The monoisotopic (exact) mass is 214 g/mol. The molecular formula is C13H14N2O. The second kappa shape index (κ2) is 4.36. The van der Waals surface area contributed by atoms with Crippen LogP contribution in [0.25, 0.3) is 0 Å². The normalized spacial score (nSPS) is 15.9. The average Bonchev–Trinajstić information content (AvgIpc) is 2.31. The minimum atomic E-state index is -0.0390. The number of nitrogens with zero attached hydrogens (tertiary/aromatic N) is 1. The van der Waals surface area contributed by atoms with E-state index in [9.17, 15) is 4.79 Å². The van der Waals surface area contributed by atoms with E-state index in [-0.39, 0.29) is 11.8 Å². The van der Waals surface area contributed by atoms with Gasteiger partial charge in [0.05, 0.1) is 12.0 Å². The number of amides is 1. The quantitative estimate of drug-likeness (QED) is 0.822. The molecule has 0 saturated carbocycles. The zero-order chi connectivity index (χ0) is 11.5. The van der Waals surface area contributed by atoms with Crippen molar-refractivity contribution in [3.05, 3.63) is 29.3 Å². The highest BCUT2D eigenvalue weighted by Crippen LogP contribution is 2.27. The summed E-state index contributed by atoms with van der Waals surface area (Å²) in [6.07, 6.45) is 2.14. The molecule has 0 fully saturated rings. The Hall–Kier alpha value is -1.82. The number of rotatable bonds is 2. The lowest BCUT2D eigenvalue weighted by Gasteiger charge is -2.18. The van der Waals surface area contributed by atoms with Crippen molar-refractivity contribution in [2.75, 3.05) is 5.32 Å². The van der Waals surface area contributed by atoms with Crippen molar-refractivity contribution in [2.24, 2.45) is 0 Å². The predicted octanol–water partition coefficient (Wildman–Crippen LogP) is 2.59. The van der Waals surface area contributed by atoms with Gasteiger partial charge in [0.15, 0.2) is 0 Å². The Morgan fingerprint density at radius 1 is 1.50 bits per heavy atom. The van der Waals surface area contributed by atoms with Gasteiger partial charge in [-0.05, 0) is 30.0 Å². The van der Waals surface area contributed by atoms with Crippen molar-refractivity contribution in [3.8, 4) is 6.07 Å². The summed E-state index contributed by atoms with van der Waals surface area (Å²) < 4.78 is 0. The number of nitriles is 1. The Morgan fingerprint density at radius 3 is 3.00 bits per heavy atom. The summed E-state index contributed by atoms with van der Waals surface area (Å²) in [4.78, 5) is 11.2. The lowest BCUT2D eigenvalue weighted by Crippen LogP contribution is -2.19. The van der Waals surface area contributed by atoms with E-state index in [1.165, 1.54) is 0 Å². The van der Waals surface area contributed by atoms with Crippen molar-refractivity contribution >= 4 is 11.6 Å². The molecule has 0 bridgehead atoms. The van der Waals surface area contributed by atoms with Crippen LogP contribution in [0.3, 0.4) is 0 Å². The third-order valence-electron chi connectivity index (χ3n) is 2.99. The van der Waals surface area contributed by atoms with E-state index in [0.29, 0.717) is 6.42 Å². The molecule has 1 aromatic rings. The zero-order valence-electron chi connectivity index (χ0n) is 9.29. The molecule has 0 aromatic heterocycles. The molecular weight excluding hydrogens is 200 g/mol. The van der Waals surface area contributed by atoms with Crippen LogP contribution in [0.1, 0.15) is 36.8 Å². The third kappa shape index (κ3) is 1.92. The van der Waals surface area contributed by atoms with Crippen LogP contribution >= 0.6 is 0 Å². The van der Waals surface area contributed by atoms with Crippen LogP contribution in [0.4, 0.5) is 5.69 Å². The maximum absolute atomic E-state index is 11.2. The van der Waals surface area contributed by atoms with Gasteiger partial charge < -0.3 is 5.32 Å². The SMILES string of the molecule is CCC(C#N)c1ccc2c(c1)CCC(=O)N2. The van der Waals surface area contributed by atoms with E-state index < -0.39 is 0 Å². The molecule has 1 aromatic carbocycles. The molecule has 3 heteroatoms. The van der Waals surface area contributed by atoms with Gasteiger partial charge in [-0.2, -0.15) is 5.26 Å². The first-order valence-corrected chi connectivity index (χ1v) is 5.57. The molecule has 1 heterocycles. The lowest BCUT2D eigenvalue weighted by molar-refractivity contribution is -0.116. The molecule has 0 radical (unpaired) electrons. The third-order valence-corrected chi connectivity index (χ3v) is 2.99. The Bertz CT molecular complexity index is 459. The predicted molar refractivity (Wildman–Crippen MR) is 62.0 cm³/mol. The number of fused-ring (bicyclic) bond motifs is 1. The van der Waals surface area contributed by atoms with Crippen LogP contribution in [0.15, 0.2) is 18.2 Å². The van der Waals surface area contributed by atoms with E-state index in [0.717, 1.165) is 29.7 Å². The zero-order valence-corrected chi connectivity index (χ0v) is 9.29. The number of nitrogens with one attached hydrogen (secondary N) is 1. The maximum Gasteiger partial charge on any atom is 0.224 e. The van der Waals surface area contributed by atoms with Gasteiger partial charge >= 0.3 is 0 Å². The van der Waals surface area contributed by atoms with Crippen LogP contribution in [0, 0.1) is 11.3 Å². The first kappa shape index (κ1) is 10.7. The summed E-state index contributed by atoms with van der Waals surface area (Å²) in [5, 5.41) is 11.8. The van der Waals surface area contributed by atoms with Crippen LogP contribution < -0.4 is 5.32 Å². The largest absolute Gasteiger partial charge is 0.326 e. The highest BCUT2D eigenvalue weighted by Gasteiger charge is 2.16. The van der Waals surface area contributed by atoms with Crippen molar-refractivity contribution in [1.29, 1.82) is 5.26 Å². The molecule has 1 aliphatic heterocycles. The molecule has 16 heavy (non-hydrogen) atoms. The molecule has 0 saturated heterocycles. The molecule has 1 aliphatic rings. The van der Waals surface area contributed by atoms with E-state index in [1.807, 2.05) is 25.1 Å². The molecule has 82 valence electrons. The second-order valence-electron chi connectivity index (χ2n) is 4.05.